The summed E-state index contributed by atoms with van der Waals surface area (Å²) in [7, 11) is 0. The zero-order chi connectivity index (χ0) is 14.3. The number of unbranched alkanes of at least 4 members (excludes halogenated alkanes) is 1. The SMILES string of the molecule is CCCCC(CC)CNc1cccc(C(N)=O)c1N. The average Bonchev–Trinajstić information content (AvgIpc) is 2.40. The second kappa shape index (κ2) is 7.67. The van der Waals surface area contributed by atoms with Gasteiger partial charge in [0, 0.05) is 6.54 Å². The van der Waals surface area contributed by atoms with Gasteiger partial charge in [-0.3, -0.25) is 4.79 Å². The van der Waals surface area contributed by atoms with Crippen molar-refractivity contribution in [2.75, 3.05) is 17.6 Å². The summed E-state index contributed by atoms with van der Waals surface area (Å²) in [5.41, 5.74) is 12.9. The average molecular weight is 263 g/mol. The van der Waals surface area contributed by atoms with Crippen molar-refractivity contribution in [2.45, 2.75) is 39.5 Å². The van der Waals surface area contributed by atoms with Crippen LogP contribution in [0.5, 0.6) is 0 Å². The Kier molecular flexibility index (Phi) is 6.19. The summed E-state index contributed by atoms with van der Waals surface area (Å²) >= 11 is 0. The molecule has 0 saturated heterocycles. The van der Waals surface area contributed by atoms with Crippen LogP contribution in [0.25, 0.3) is 0 Å². The quantitative estimate of drug-likeness (QED) is 0.631. The smallest absolute Gasteiger partial charge is 0.250 e. The zero-order valence-electron chi connectivity index (χ0n) is 11.9. The molecule has 4 nitrogen and oxygen atoms in total. The summed E-state index contributed by atoms with van der Waals surface area (Å²) in [4.78, 5) is 11.2. The number of benzene rings is 1. The molecule has 19 heavy (non-hydrogen) atoms. The molecule has 106 valence electrons. The number of amides is 1. The highest BCUT2D eigenvalue weighted by Crippen LogP contribution is 2.23. The molecule has 0 aliphatic carbocycles. The Morgan fingerprint density at radius 3 is 2.68 bits per heavy atom. The van der Waals surface area contributed by atoms with Gasteiger partial charge in [-0.25, -0.2) is 0 Å². The summed E-state index contributed by atoms with van der Waals surface area (Å²) in [5, 5.41) is 3.34. The van der Waals surface area contributed by atoms with Crippen molar-refractivity contribution in [3.05, 3.63) is 23.8 Å². The monoisotopic (exact) mass is 263 g/mol. The number of hydrogen-bond acceptors (Lipinski definition) is 3. The minimum atomic E-state index is -0.487. The van der Waals surface area contributed by atoms with Crippen LogP contribution in [0.3, 0.4) is 0 Å². The highest BCUT2D eigenvalue weighted by molar-refractivity contribution is 6.00. The molecule has 0 bridgehead atoms. The maximum absolute atomic E-state index is 11.2. The van der Waals surface area contributed by atoms with E-state index in [1.165, 1.54) is 19.3 Å². The van der Waals surface area contributed by atoms with Crippen molar-refractivity contribution in [3.63, 3.8) is 0 Å². The van der Waals surface area contributed by atoms with Crippen molar-refractivity contribution in [1.82, 2.24) is 0 Å². The maximum atomic E-state index is 11.2. The number of nitrogen functional groups attached to an aromatic ring is 1. The molecule has 0 heterocycles. The number of hydrogen-bond donors (Lipinski definition) is 3. The molecule has 1 unspecified atom stereocenters. The number of nitrogens with one attached hydrogen (secondary N) is 1. The van der Waals surface area contributed by atoms with Gasteiger partial charge in [-0.05, 0) is 24.5 Å². The first-order valence-corrected chi connectivity index (χ1v) is 7.02. The summed E-state index contributed by atoms with van der Waals surface area (Å²) < 4.78 is 0. The van der Waals surface area contributed by atoms with Crippen LogP contribution >= 0.6 is 0 Å². The topological polar surface area (TPSA) is 81.1 Å². The second-order valence-corrected chi connectivity index (χ2v) is 4.93. The Balaban J connectivity index is 2.66. The van der Waals surface area contributed by atoms with Crippen LogP contribution in [-0.2, 0) is 0 Å². The first-order chi connectivity index (χ1) is 9.10. The molecule has 4 heteroatoms. The fraction of sp³-hybridized carbons (Fsp3) is 0.533. The molecule has 0 saturated carbocycles. The molecule has 0 fully saturated rings. The predicted molar refractivity (Wildman–Crippen MR) is 81.2 cm³/mol. The fourth-order valence-corrected chi connectivity index (χ4v) is 2.13. The minimum Gasteiger partial charge on any atom is -0.396 e. The number of primary amides is 1. The summed E-state index contributed by atoms with van der Waals surface area (Å²) in [6, 6.07) is 5.33. The van der Waals surface area contributed by atoms with Crippen LogP contribution in [0.1, 0.15) is 49.9 Å². The van der Waals surface area contributed by atoms with Gasteiger partial charge in [-0.15, -0.1) is 0 Å². The molecule has 0 aliphatic rings. The van der Waals surface area contributed by atoms with E-state index >= 15 is 0 Å². The standard InChI is InChI=1S/C15H25N3O/c1-3-5-7-11(4-2)10-18-13-9-6-8-12(14(13)16)15(17)19/h6,8-9,11,18H,3-5,7,10,16H2,1-2H3,(H2,17,19). The Morgan fingerprint density at radius 2 is 2.11 bits per heavy atom. The van der Waals surface area contributed by atoms with Crippen molar-refractivity contribution >= 4 is 17.3 Å². The highest BCUT2D eigenvalue weighted by atomic mass is 16.1. The Hall–Kier alpha value is -1.71. The molecule has 1 aromatic rings. The van der Waals surface area contributed by atoms with E-state index in [0.29, 0.717) is 17.2 Å². The maximum Gasteiger partial charge on any atom is 0.250 e. The third-order valence-electron chi connectivity index (χ3n) is 3.50. The van der Waals surface area contributed by atoms with Gasteiger partial charge in [-0.1, -0.05) is 39.2 Å². The summed E-state index contributed by atoms with van der Waals surface area (Å²) in [6.07, 6.45) is 4.82. The number of carbonyl (C=O) groups excluding carboxylic acids is 1. The van der Waals surface area contributed by atoms with Crippen molar-refractivity contribution in [3.8, 4) is 0 Å². The highest BCUT2D eigenvalue weighted by Gasteiger charge is 2.11. The van der Waals surface area contributed by atoms with Gasteiger partial charge in [0.2, 0.25) is 0 Å². The molecular formula is C15H25N3O. The van der Waals surface area contributed by atoms with E-state index in [1.807, 2.05) is 6.07 Å². The molecule has 0 aliphatic heterocycles. The molecule has 5 N–H and O–H groups in total. The minimum absolute atomic E-state index is 0.381. The van der Waals surface area contributed by atoms with Gasteiger partial charge in [0.25, 0.3) is 5.91 Å². The van der Waals surface area contributed by atoms with Gasteiger partial charge in [0.15, 0.2) is 0 Å². The molecule has 1 aromatic carbocycles. The van der Waals surface area contributed by atoms with Crippen LogP contribution in [0.15, 0.2) is 18.2 Å². The van der Waals surface area contributed by atoms with Crippen molar-refractivity contribution in [2.24, 2.45) is 11.7 Å². The number of nitrogens with two attached hydrogens (primary N) is 2. The van der Waals surface area contributed by atoms with Crippen LogP contribution in [0.2, 0.25) is 0 Å². The Labute approximate surface area is 115 Å². The van der Waals surface area contributed by atoms with E-state index in [9.17, 15) is 4.79 Å². The number of carbonyl (C=O) groups is 1. The van der Waals surface area contributed by atoms with Crippen molar-refractivity contribution in [1.29, 1.82) is 0 Å². The first kappa shape index (κ1) is 15.3. The van der Waals surface area contributed by atoms with Gasteiger partial charge >= 0.3 is 0 Å². The third-order valence-corrected chi connectivity index (χ3v) is 3.50. The van der Waals surface area contributed by atoms with Gasteiger partial charge in [0.05, 0.1) is 16.9 Å². The molecule has 0 aromatic heterocycles. The lowest BCUT2D eigenvalue weighted by Gasteiger charge is -2.17. The normalized spacial score (nSPS) is 12.1. The lowest BCUT2D eigenvalue weighted by atomic mass is 9.99. The molecule has 0 spiro atoms. The molecular weight excluding hydrogens is 238 g/mol. The zero-order valence-corrected chi connectivity index (χ0v) is 11.9. The molecule has 1 amide bonds. The van der Waals surface area contributed by atoms with E-state index in [-0.39, 0.29) is 0 Å². The largest absolute Gasteiger partial charge is 0.396 e. The number of para-hydroxylation sites is 1. The van der Waals surface area contributed by atoms with E-state index in [2.05, 4.69) is 19.2 Å². The van der Waals surface area contributed by atoms with Crippen LogP contribution in [0.4, 0.5) is 11.4 Å². The van der Waals surface area contributed by atoms with Gasteiger partial charge in [0.1, 0.15) is 0 Å². The third kappa shape index (κ3) is 4.47. The molecule has 1 rings (SSSR count). The summed E-state index contributed by atoms with van der Waals surface area (Å²) in [5.74, 6) is 0.149. The van der Waals surface area contributed by atoms with Crippen LogP contribution in [0, 0.1) is 5.92 Å². The predicted octanol–water partition coefficient (Wildman–Crippen LogP) is 3.00. The Bertz CT molecular complexity index is 418. The van der Waals surface area contributed by atoms with Gasteiger partial charge in [-0.2, -0.15) is 0 Å². The fourth-order valence-electron chi connectivity index (χ4n) is 2.13. The van der Waals surface area contributed by atoms with Crippen LogP contribution < -0.4 is 16.8 Å². The van der Waals surface area contributed by atoms with E-state index < -0.39 is 5.91 Å². The molecule has 0 radical (unpaired) electrons. The van der Waals surface area contributed by atoms with Crippen LogP contribution in [-0.4, -0.2) is 12.5 Å². The second-order valence-electron chi connectivity index (χ2n) is 4.93. The summed E-state index contributed by atoms with van der Waals surface area (Å²) in [6.45, 7) is 5.28. The van der Waals surface area contributed by atoms with E-state index in [4.69, 9.17) is 11.5 Å². The lowest BCUT2D eigenvalue weighted by Crippen LogP contribution is -2.17. The van der Waals surface area contributed by atoms with Gasteiger partial charge < -0.3 is 16.8 Å². The lowest BCUT2D eigenvalue weighted by molar-refractivity contribution is 0.100. The first-order valence-electron chi connectivity index (χ1n) is 7.02. The van der Waals surface area contributed by atoms with E-state index in [0.717, 1.165) is 18.7 Å². The van der Waals surface area contributed by atoms with Crippen molar-refractivity contribution < 1.29 is 4.79 Å². The Morgan fingerprint density at radius 1 is 1.37 bits per heavy atom. The molecule has 1 atom stereocenters. The number of rotatable bonds is 8. The number of anilines is 2. The van der Waals surface area contributed by atoms with E-state index in [1.54, 1.807) is 12.1 Å².